The van der Waals surface area contributed by atoms with E-state index in [-0.39, 0.29) is 36.6 Å². The lowest BCUT2D eigenvalue weighted by atomic mass is 10.1. The molecule has 10 nitrogen and oxygen atoms in total. The van der Waals surface area contributed by atoms with Crippen LogP contribution in [0, 0.1) is 17.1 Å². The van der Waals surface area contributed by atoms with E-state index in [1.165, 1.54) is 24.4 Å². The van der Waals surface area contributed by atoms with Gasteiger partial charge in [0.15, 0.2) is 0 Å². The van der Waals surface area contributed by atoms with E-state index >= 15 is 0 Å². The van der Waals surface area contributed by atoms with Gasteiger partial charge in [-0.1, -0.05) is 42.7 Å². The predicted molar refractivity (Wildman–Crippen MR) is 193 cm³/mol. The van der Waals surface area contributed by atoms with Gasteiger partial charge in [0.05, 0.1) is 40.7 Å². The van der Waals surface area contributed by atoms with Crippen molar-refractivity contribution in [3.63, 3.8) is 0 Å². The minimum Gasteiger partial charge on any atom is -0.487 e. The Morgan fingerprint density at radius 2 is 2.04 bits per heavy atom. The molecule has 0 radical (unpaired) electrons. The second-order valence-electron chi connectivity index (χ2n) is 12.1. The lowest BCUT2D eigenvalue weighted by Gasteiger charge is -2.19. The zero-order chi connectivity index (χ0) is 35.3. The van der Waals surface area contributed by atoms with Crippen molar-refractivity contribution in [2.45, 2.75) is 44.8 Å². The molecule has 0 spiro atoms. The number of likely N-dealkylation sites (N-methyl/N-ethyl adjacent to an activating group) is 1. The molecule has 12 heteroatoms. The molecule has 1 amide bonds. The number of aliphatic hydroxyl groups excluding tert-OH is 1. The van der Waals surface area contributed by atoms with Crippen LogP contribution in [-0.4, -0.2) is 67.0 Å². The number of rotatable bonds is 17. The van der Waals surface area contributed by atoms with Crippen molar-refractivity contribution in [1.82, 2.24) is 9.88 Å². The molecule has 1 aliphatic rings. The number of ether oxygens (including phenoxy) is 3. The summed E-state index contributed by atoms with van der Waals surface area (Å²) in [6.45, 7) is 2.89. The number of aromatic nitrogens is 1. The van der Waals surface area contributed by atoms with Crippen LogP contribution in [0.2, 0.25) is 5.02 Å². The highest BCUT2D eigenvalue weighted by Crippen LogP contribution is 2.38. The van der Waals surface area contributed by atoms with Gasteiger partial charge in [-0.3, -0.25) is 9.78 Å². The number of pyridine rings is 1. The molecule has 3 aromatic carbocycles. The first kappa shape index (κ1) is 36.5. The minimum atomic E-state index is -0.347. The SMILES string of the molecule is CN(C/C=C/C(=O)Nc1cc2c(Nc3ccc(OCc4cccc(F)c4)c(Cl)c3)c(C#N)cnc2cc1OC1CCOC1)CCCCCCO. The average Bonchev–Trinajstić information content (AvgIpc) is 3.61. The number of halogens is 2. The lowest BCUT2D eigenvalue weighted by molar-refractivity contribution is -0.111. The number of anilines is 3. The maximum atomic E-state index is 13.6. The average molecular weight is 702 g/mol. The quantitative estimate of drug-likeness (QED) is 0.0764. The van der Waals surface area contributed by atoms with Crippen LogP contribution in [-0.2, 0) is 16.1 Å². The standard InChI is InChI=1S/C38H41ClFN5O5/c1-45(14-4-2-3-5-16-46)15-7-10-37(47)44-34-20-31-33(21-36(34)50-30-13-17-48-25-30)42-23-27(22-41)38(31)43-29-11-12-35(32(39)19-29)49-24-26-8-6-9-28(40)18-26/h6-12,18-21,23,30,46H,2-5,13-17,24-25H2,1H3,(H,42,43)(H,44,47)/b10-7+. The third kappa shape index (κ3) is 10.4. The van der Waals surface area contributed by atoms with Gasteiger partial charge >= 0.3 is 0 Å². The minimum absolute atomic E-state index is 0.141. The molecule has 1 aromatic heterocycles. The van der Waals surface area contributed by atoms with E-state index in [0.29, 0.717) is 76.2 Å². The monoisotopic (exact) mass is 701 g/mol. The second kappa shape index (κ2) is 18.3. The van der Waals surface area contributed by atoms with Crippen molar-refractivity contribution in [2.75, 3.05) is 50.6 Å². The van der Waals surface area contributed by atoms with Crippen LogP contribution in [0.15, 0.2) is 72.9 Å². The molecule has 262 valence electrons. The first-order chi connectivity index (χ1) is 24.3. The fraction of sp³-hybridized carbons (Fsp3) is 0.342. The largest absolute Gasteiger partial charge is 0.487 e. The maximum absolute atomic E-state index is 13.6. The zero-order valence-corrected chi connectivity index (χ0v) is 28.7. The highest BCUT2D eigenvalue weighted by atomic mass is 35.5. The smallest absolute Gasteiger partial charge is 0.248 e. The Morgan fingerprint density at radius 3 is 2.80 bits per heavy atom. The van der Waals surface area contributed by atoms with E-state index in [1.807, 2.05) is 13.1 Å². The first-order valence-electron chi connectivity index (χ1n) is 16.6. The van der Waals surface area contributed by atoms with E-state index in [1.54, 1.807) is 42.5 Å². The van der Waals surface area contributed by atoms with Crippen LogP contribution in [0.3, 0.4) is 0 Å². The molecule has 5 rings (SSSR count). The predicted octanol–water partition coefficient (Wildman–Crippen LogP) is 7.37. The summed E-state index contributed by atoms with van der Waals surface area (Å²) in [5, 5.41) is 26.1. The van der Waals surface area contributed by atoms with Crippen LogP contribution in [0.1, 0.15) is 43.2 Å². The van der Waals surface area contributed by atoms with Gasteiger partial charge in [-0.15, -0.1) is 0 Å². The molecule has 1 unspecified atom stereocenters. The van der Waals surface area contributed by atoms with Gasteiger partial charge in [0, 0.05) is 49.0 Å². The van der Waals surface area contributed by atoms with Gasteiger partial charge in [0.25, 0.3) is 0 Å². The molecule has 1 fully saturated rings. The summed E-state index contributed by atoms with van der Waals surface area (Å²) in [7, 11) is 2.00. The fourth-order valence-electron chi connectivity index (χ4n) is 5.50. The lowest BCUT2D eigenvalue weighted by Crippen LogP contribution is -2.20. The van der Waals surface area contributed by atoms with Gasteiger partial charge in [0.1, 0.15) is 36.1 Å². The summed E-state index contributed by atoms with van der Waals surface area (Å²) in [6, 6.07) is 17.0. The van der Waals surface area contributed by atoms with Gasteiger partial charge < -0.3 is 34.9 Å². The molecular formula is C38H41ClFN5O5. The highest BCUT2D eigenvalue weighted by Gasteiger charge is 2.21. The van der Waals surface area contributed by atoms with Crippen molar-refractivity contribution in [3.05, 3.63) is 94.9 Å². The van der Waals surface area contributed by atoms with Crippen LogP contribution >= 0.6 is 11.6 Å². The van der Waals surface area contributed by atoms with Crippen molar-refractivity contribution in [1.29, 1.82) is 5.26 Å². The van der Waals surface area contributed by atoms with Crippen molar-refractivity contribution in [2.24, 2.45) is 0 Å². The van der Waals surface area contributed by atoms with Crippen molar-refractivity contribution >= 4 is 45.5 Å². The molecule has 0 saturated carbocycles. The Labute approximate surface area is 296 Å². The van der Waals surface area contributed by atoms with Gasteiger partial charge in [-0.2, -0.15) is 5.26 Å². The zero-order valence-electron chi connectivity index (χ0n) is 28.0. The topological polar surface area (TPSA) is 129 Å². The first-order valence-corrected chi connectivity index (χ1v) is 17.0. The van der Waals surface area contributed by atoms with Crippen LogP contribution in [0.25, 0.3) is 10.9 Å². The number of amides is 1. The van der Waals surface area contributed by atoms with Gasteiger partial charge in [-0.25, -0.2) is 4.39 Å². The third-order valence-corrected chi connectivity index (χ3v) is 8.44. The van der Waals surface area contributed by atoms with Crippen LogP contribution < -0.4 is 20.1 Å². The molecule has 0 bridgehead atoms. The molecule has 1 aliphatic heterocycles. The van der Waals surface area contributed by atoms with E-state index in [2.05, 4.69) is 26.6 Å². The van der Waals surface area contributed by atoms with E-state index in [9.17, 15) is 14.4 Å². The van der Waals surface area contributed by atoms with Crippen LogP contribution in [0.5, 0.6) is 11.5 Å². The van der Waals surface area contributed by atoms with Crippen molar-refractivity contribution in [3.8, 4) is 17.6 Å². The summed E-state index contributed by atoms with van der Waals surface area (Å²) in [5.41, 5.74) is 3.00. The Kier molecular flexibility index (Phi) is 13.4. The van der Waals surface area contributed by atoms with Crippen molar-refractivity contribution < 1.29 is 28.5 Å². The number of nitrogens with zero attached hydrogens (tertiary/aromatic N) is 3. The van der Waals surface area contributed by atoms with E-state index in [0.717, 1.165) is 32.2 Å². The Morgan fingerprint density at radius 1 is 1.18 bits per heavy atom. The second-order valence-corrected chi connectivity index (χ2v) is 12.5. The Hall–Kier alpha value is -4.73. The number of unbranched alkanes of at least 4 members (excludes halogenated alkanes) is 3. The molecule has 2 heterocycles. The number of nitrogens with one attached hydrogen (secondary N) is 2. The Bertz CT molecular complexity index is 1840. The van der Waals surface area contributed by atoms with Gasteiger partial charge in [-0.05, 0) is 68.4 Å². The summed E-state index contributed by atoms with van der Waals surface area (Å²) < 4.78 is 31.2. The highest BCUT2D eigenvalue weighted by molar-refractivity contribution is 6.32. The summed E-state index contributed by atoms with van der Waals surface area (Å²) >= 11 is 6.57. The summed E-state index contributed by atoms with van der Waals surface area (Å²) in [6.07, 6.45) is 9.23. The number of carbonyl (C=O) groups is 1. The molecular weight excluding hydrogens is 661 g/mol. The number of aliphatic hydroxyl groups is 1. The van der Waals surface area contributed by atoms with E-state index in [4.69, 9.17) is 30.9 Å². The third-order valence-electron chi connectivity index (χ3n) is 8.15. The molecule has 4 aromatic rings. The fourth-order valence-corrected chi connectivity index (χ4v) is 5.74. The summed E-state index contributed by atoms with van der Waals surface area (Å²) in [4.78, 5) is 19.8. The van der Waals surface area contributed by atoms with Gasteiger partial charge in [0.2, 0.25) is 5.91 Å². The summed E-state index contributed by atoms with van der Waals surface area (Å²) in [5.74, 6) is 0.191. The molecule has 3 N–H and O–H groups in total. The maximum Gasteiger partial charge on any atom is 0.248 e. The number of hydrogen-bond donors (Lipinski definition) is 3. The molecule has 50 heavy (non-hydrogen) atoms. The Balaban J connectivity index is 1.35. The molecule has 1 atom stereocenters. The van der Waals surface area contributed by atoms with E-state index < -0.39 is 0 Å². The van der Waals surface area contributed by atoms with Crippen LogP contribution in [0.4, 0.5) is 21.5 Å². The molecule has 0 aliphatic carbocycles. The number of fused-ring (bicyclic) bond motifs is 1. The number of benzene rings is 3. The number of hydrogen-bond acceptors (Lipinski definition) is 9. The number of carbonyl (C=O) groups excluding carboxylic acids is 1. The molecule has 1 saturated heterocycles. The number of nitriles is 1. The normalized spacial score (nSPS) is 14.3.